The number of nitrogens with one attached hydrogen (secondary N) is 2. The zero-order chi connectivity index (χ0) is 20.9. The number of carbonyl (C=O) groups is 1. The molecule has 4 rings (SSSR count). The first-order valence-corrected chi connectivity index (χ1v) is 12.4. The number of likely N-dealkylation sites (tertiary alicyclic amines) is 1. The molecule has 30 heavy (non-hydrogen) atoms. The Morgan fingerprint density at radius 1 is 1.33 bits per heavy atom. The number of thioether (sulfide) groups is 1. The van der Waals surface area contributed by atoms with E-state index in [4.69, 9.17) is 0 Å². The topological polar surface area (TPSA) is 92.2 Å². The molecule has 1 unspecified atom stereocenters. The van der Waals surface area contributed by atoms with Crippen molar-refractivity contribution in [1.82, 2.24) is 25.0 Å². The van der Waals surface area contributed by atoms with E-state index in [-0.39, 0.29) is 17.6 Å². The van der Waals surface area contributed by atoms with Gasteiger partial charge in [-0.1, -0.05) is 6.42 Å². The lowest BCUT2D eigenvalue weighted by molar-refractivity contribution is 0.139. The normalized spacial score (nSPS) is 19.3. The molecule has 2 aliphatic heterocycles. The van der Waals surface area contributed by atoms with Crippen LogP contribution < -0.4 is 16.2 Å². The van der Waals surface area contributed by atoms with Crippen molar-refractivity contribution >= 4 is 34.3 Å². The second kappa shape index (κ2) is 9.93. The van der Waals surface area contributed by atoms with E-state index in [0.29, 0.717) is 18.2 Å². The fourth-order valence-corrected chi connectivity index (χ4v) is 5.60. The predicted molar refractivity (Wildman–Crippen MR) is 121 cm³/mol. The van der Waals surface area contributed by atoms with Crippen molar-refractivity contribution in [3.63, 3.8) is 0 Å². The molecule has 2 N–H and O–H groups in total. The van der Waals surface area contributed by atoms with Crippen LogP contribution in [0.15, 0.2) is 17.1 Å². The number of carbonyl (C=O) groups excluding carboxylic acids is 1. The molecule has 0 saturated carbocycles. The Bertz CT molecular complexity index is 944. The summed E-state index contributed by atoms with van der Waals surface area (Å²) in [5, 5.41) is 11.0. The summed E-state index contributed by atoms with van der Waals surface area (Å²) in [5.74, 6) is 1.96. The summed E-state index contributed by atoms with van der Waals surface area (Å²) in [6.45, 7) is 4.87. The smallest absolute Gasteiger partial charge is 0.321 e. The number of anilines is 1. The SMILES string of the molecule is Cc1cnc(NC(=O)NCC2CCCCN2CCn2nc3c(cc2=O)CSCC3)s1. The van der Waals surface area contributed by atoms with E-state index in [1.165, 1.54) is 11.3 Å². The van der Waals surface area contributed by atoms with Crippen LogP contribution in [0.4, 0.5) is 9.93 Å². The van der Waals surface area contributed by atoms with Crippen molar-refractivity contribution in [1.29, 1.82) is 0 Å². The quantitative estimate of drug-likeness (QED) is 0.705. The zero-order valence-corrected chi connectivity index (χ0v) is 18.9. The zero-order valence-electron chi connectivity index (χ0n) is 17.2. The summed E-state index contributed by atoms with van der Waals surface area (Å²) >= 11 is 3.32. The number of rotatable bonds is 6. The second-order valence-electron chi connectivity index (χ2n) is 7.78. The molecule has 2 amide bonds. The number of amides is 2. The Kier molecular flexibility index (Phi) is 7.06. The molecule has 1 saturated heterocycles. The maximum Gasteiger partial charge on any atom is 0.321 e. The number of hydrogen-bond donors (Lipinski definition) is 2. The third kappa shape index (κ3) is 5.41. The van der Waals surface area contributed by atoms with Gasteiger partial charge in [0.15, 0.2) is 5.13 Å². The highest BCUT2D eigenvalue weighted by atomic mass is 32.2. The Hall–Kier alpha value is -1.91. The molecule has 162 valence electrons. The van der Waals surface area contributed by atoms with Crippen LogP contribution in [0.25, 0.3) is 0 Å². The predicted octanol–water partition coefficient (Wildman–Crippen LogP) is 2.47. The van der Waals surface area contributed by atoms with E-state index in [1.54, 1.807) is 16.9 Å². The summed E-state index contributed by atoms with van der Waals surface area (Å²) in [7, 11) is 0. The first-order chi connectivity index (χ1) is 14.6. The Morgan fingerprint density at radius 2 is 2.23 bits per heavy atom. The molecule has 10 heteroatoms. The first kappa shape index (κ1) is 21.3. The van der Waals surface area contributed by atoms with Crippen LogP contribution in [-0.4, -0.2) is 57.1 Å². The van der Waals surface area contributed by atoms with E-state index in [1.807, 2.05) is 18.7 Å². The summed E-state index contributed by atoms with van der Waals surface area (Å²) in [5.41, 5.74) is 2.15. The third-order valence-electron chi connectivity index (χ3n) is 5.59. The van der Waals surface area contributed by atoms with Gasteiger partial charge in [-0.25, -0.2) is 14.5 Å². The van der Waals surface area contributed by atoms with Crippen LogP contribution in [0.1, 0.15) is 35.4 Å². The van der Waals surface area contributed by atoms with Gasteiger partial charge in [-0.2, -0.15) is 16.9 Å². The van der Waals surface area contributed by atoms with Gasteiger partial charge in [0.05, 0.1) is 12.2 Å². The fraction of sp³-hybridized carbons (Fsp3) is 0.600. The lowest BCUT2D eigenvalue weighted by Gasteiger charge is -2.35. The average Bonchev–Trinajstić information content (AvgIpc) is 3.15. The first-order valence-electron chi connectivity index (χ1n) is 10.5. The number of aromatic nitrogens is 3. The lowest BCUT2D eigenvalue weighted by Crippen LogP contribution is -2.48. The highest BCUT2D eigenvalue weighted by Gasteiger charge is 2.23. The maximum absolute atomic E-state index is 12.4. The van der Waals surface area contributed by atoms with Gasteiger partial charge >= 0.3 is 6.03 Å². The van der Waals surface area contributed by atoms with Crippen molar-refractivity contribution in [3.05, 3.63) is 38.8 Å². The van der Waals surface area contributed by atoms with Gasteiger partial charge in [0, 0.05) is 48.4 Å². The van der Waals surface area contributed by atoms with Gasteiger partial charge in [0.25, 0.3) is 5.56 Å². The molecular formula is C20H28N6O2S2. The van der Waals surface area contributed by atoms with Gasteiger partial charge in [-0.15, -0.1) is 11.3 Å². The van der Waals surface area contributed by atoms with Crippen molar-refractivity contribution in [2.45, 2.75) is 50.9 Å². The standard InChI is InChI=1S/C20H28N6O2S2/c1-14-11-22-20(30-14)23-19(28)21-12-16-4-2-3-6-25(16)7-8-26-18(27)10-15-13-29-9-5-17(15)24-26/h10-11,16H,2-9,12-13H2,1H3,(H2,21,22,23,28). The van der Waals surface area contributed by atoms with Crippen molar-refractivity contribution in [2.24, 2.45) is 0 Å². The molecule has 1 atom stereocenters. The van der Waals surface area contributed by atoms with Gasteiger partial charge in [0.1, 0.15) is 0 Å². The molecule has 2 aromatic rings. The van der Waals surface area contributed by atoms with Crippen LogP contribution >= 0.6 is 23.1 Å². The van der Waals surface area contributed by atoms with E-state index in [2.05, 4.69) is 25.6 Å². The molecule has 8 nitrogen and oxygen atoms in total. The van der Waals surface area contributed by atoms with Crippen LogP contribution in [0.3, 0.4) is 0 Å². The highest BCUT2D eigenvalue weighted by molar-refractivity contribution is 7.98. The minimum absolute atomic E-state index is 0.0129. The van der Waals surface area contributed by atoms with Gasteiger partial charge < -0.3 is 5.32 Å². The molecule has 2 aliphatic rings. The Labute approximate surface area is 184 Å². The van der Waals surface area contributed by atoms with E-state index < -0.39 is 0 Å². The van der Waals surface area contributed by atoms with Crippen molar-refractivity contribution in [2.75, 3.05) is 30.7 Å². The Balaban J connectivity index is 1.31. The number of aryl methyl sites for hydroxylation is 2. The molecule has 0 bridgehead atoms. The van der Waals surface area contributed by atoms with Crippen molar-refractivity contribution in [3.8, 4) is 0 Å². The average molecular weight is 449 g/mol. The second-order valence-corrected chi connectivity index (χ2v) is 10.1. The van der Waals surface area contributed by atoms with E-state index >= 15 is 0 Å². The van der Waals surface area contributed by atoms with Gasteiger partial charge in [-0.3, -0.25) is 15.0 Å². The molecule has 0 aliphatic carbocycles. The molecular weight excluding hydrogens is 420 g/mol. The summed E-state index contributed by atoms with van der Waals surface area (Å²) < 4.78 is 1.62. The van der Waals surface area contributed by atoms with E-state index in [0.717, 1.165) is 66.4 Å². The Morgan fingerprint density at radius 3 is 3.07 bits per heavy atom. The van der Waals surface area contributed by atoms with Gasteiger partial charge in [-0.05, 0) is 37.6 Å². The highest BCUT2D eigenvalue weighted by Crippen LogP contribution is 2.21. The van der Waals surface area contributed by atoms with E-state index in [9.17, 15) is 9.59 Å². The van der Waals surface area contributed by atoms with Crippen LogP contribution in [0, 0.1) is 6.92 Å². The maximum atomic E-state index is 12.4. The molecule has 4 heterocycles. The molecule has 0 radical (unpaired) electrons. The van der Waals surface area contributed by atoms with Crippen LogP contribution in [-0.2, 0) is 18.7 Å². The molecule has 0 aromatic carbocycles. The van der Waals surface area contributed by atoms with Crippen LogP contribution in [0.5, 0.6) is 0 Å². The number of nitrogens with zero attached hydrogens (tertiary/aromatic N) is 4. The number of urea groups is 1. The number of thiazole rings is 1. The largest absolute Gasteiger partial charge is 0.336 e. The van der Waals surface area contributed by atoms with Crippen molar-refractivity contribution < 1.29 is 4.79 Å². The number of piperidine rings is 1. The summed E-state index contributed by atoms with van der Waals surface area (Å²) in [6, 6.07) is 1.81. The minimum atomic E-state index is -0.222. The lowest BCUT2D eigenvalue weighted by atomic mass is 10.0. The number of hydrogen-bond acceptors (Lipinski definition) is 7. The molecule has 0 spiro atoms. The fourth-order valence-electron chi connectivity index (χ4n) is 3.99. The summed E-state index contributed by atoms with van der Waals surface area (Å²) in [4.78, 5) is 32.2. The minimum Gasteiger partial charge on any atom is -0.336 e. The number of fused-ring (bicyclic) bond motifs is 1. The van der Waals surface area contributed by atoms with Crippen LogP contribution in [0.2, 0.25) is 0 Å². The monoisotopic (exact) mass is 448 g/mol. The van der Waals surface area contributed by atoms with Gasteiger partial charge in [0.2, 0.25) is 0 Å². The summed E-state index contributed by atoms with van der Waals surface area (Å²) in [6.07, 6.45) is 6.03. The molecule has 2 aromatic heterocycles. The third-order valence-corrected chi connectivity index (χ3v) is 7.43. The molecule has 1 fully saturated rings.